The Bertz CT molecular complexity index is 896. The minimum absolute atomic E-state index is 0.0388. The number of sulfone groups is 1. The van der Waals surface area contributed by atoms with E-state index in [1.165, 1.54) is 22.8 Å². The predicted molar refractivity (Wildman–Crippen MR) is 99.3 cm³/mol. The molecule has 1 atom stereocenters. The molecule has 150 valence electrons. The number of rotatable bonds is 5. The predicted octanol–water partition coefficient (Wildman–Crippen LogP) is -0.919. The summed E-state index contributed by atoms with van der Waals surface area (Å²) >= 11 is 0. The van der Waals surface area contributed by atoms with Crippen LogP contribution in [0.5, 0.6) is 0 Å². The highest BCUT2D eigenvalue weighted by Crippen LogP contribution is 2.23. The van der Waals surface area contributed by atoms with E-state index < -0.39 is 25.4 Å². The maximum atomic E-state index is 12.6. The van der Waals surface area contributed by atoms with Gasteiger partial charge in [0, 0.05) is 38.6 Å². The molecular weight excluding hydrogens is 392 g/mol. The summed E-state index contributed by atoms with van der Waals surface area (Å²) in [5.41, 5.74) is -0.721. The van der Waals surface area contributed by atoms with Crippen LogP contribution in [0.15, 0.2) is 29.4 Å². The van der Waals surface area contributed by atoms with Gasteiger partial charge in [0.1, 0.15) is 4.90 Å². The van der Waals surface area contributed by atoms with Crippen molar-refractivity contribution in [3.8, 4) is 0 Å². The van der Waals surface area contributed by atoms with Gasteiger partial charge in [0.25, 0.3) is 0 Å². The van der Waals surface area contributed by atoms with Gasteiger partial charge in [0.2, 0.25) is 15.9 Å². The molecule has 1 N–H and O–H groups in total. The van der Waals surface area contributed by atoms with Crippen molar-refractivity contribution in [3.05, 3.63) is 24.5 Å². The van der Waals surface area contributed by atoms with E-state index in [2.05, 4.69) is 10.3 Å². The lowest BCUT2D eigenvalue weighted by Gasteiger charge is -2.34. The van der Waals surface area contributed by atoms with Crippen molar-refractivity contribution >= 4 is 25.8 Å². The summed E-state index contributed by atoms with van der Waals surface area (Å²) in [6.45, 7) is 3.31. The lowest BCUT2D eigenvalue weighted by molar-refractivity contribution is -0.124. The summed E-state index contributed by atoms with van der Waals surface area (Å²) in [4.78, 5) is 18.2. The molecule has 0 saturated carbocycles. The summed E-state index contributed by atoms with van der Waals surface area (Å²) in [6.07, 6.45) is 3.26. The lowest BCUT2D eigenvalue weighted by atomic mass is 10.0. The van der Waals surface area contributed by atoms with Gasteiger partial charge in [-0.1, -0.05) is 0 Å². The van der Waals surface area contributed by atoms with Gasteiger partial charge in [-0.3, -0.25) is 14.7 Å². The van der Waals surface area contributed by atoms with Crippen LogP contribution in [0.4, 0.5) is 0 Å². The Morgan fingerprint density at radius 1 is 1.30 bits per heavy atom. The van der Waals surface area contributed by atoms with Crippen molar-refractivity contribution in [2.45, 2.75) is 23.8 Å². The molecule has 0 spiro atoms. The molecule has 27 heavy (non-hydrogen) atoms. The van der Waals surface area contributed by atoms with Crippen LogP contribution in [0.25, 0.3) is 0 Å². The van der Waals surface area contributed by atoms with Gasteiger partial charge >= 0.3 is 0 Å². The van der Waals surface area contributed by atoms with E-state index in [0.717, 1.165) is 0 Å². The van der Waals surface area contributed by atoms with E-state index in [9.17, 15) is 21.6 Å². The number of amides is 1. The maximum absolute atomic E-state index is 12.6. The van der Waals surface area contributed by atoms with Gasteiger partial charge in [-0.05, 0) is 25.5 Å². The molecule has 2 saturated heterocycles. The van der Waals surface area contributed by atoms with Crippen LogP contribution < -0.4 is 5.32 Å². The molecule has 1 amide bonds. The first-order chi connectivity index (χ1) is 12.6. The van der Waals surface area contributed by atoms with Crippen molar-refractivity contribution in [3.63, 3.8) is 0 Å². The third-order valence-electron chi connectivity index (χ3n) is 4.92. The smallest absolute Gasteiger partial charge is 0.244 e. The van der Waals surface area contributed by atoms with Crippen LogP contribution in [0.3, 0.4) is 0 Å². The summed E-state index contributed by atoms with van der Waals surface area (Å²) in [5, 5.41) is 2.83. The zero-order chi connectivity index (χ0) is 19.7. The largest absolute Gasteiger partial charge is 0.349 e. The Labute approximate surface area is 159 Å². The number of nitrogens with zero attached hydrogens (tertiary/aromatic N) is 3. The minimum Gasteiger partial charge on any atom is -0.349 e. The standard InChI is InChI=1S/C16H24N4O5S2/c1-16(4-10-26(22,23)13-16)18-15(21)12-19-6-8-20(9-7-19)27(24,25)14-3-2-5-17-11-14/h2-3,5,11H,4,6-10,12-13H2,1H3,(H,18,21). The van der Waals surface area contributed by atoms with Crippen LogP contribution in [0, 0.1) is 0 Å². The molecule has 2 aliphatic rings. The summed E-state index contributed by atoms with van der Waals surface area (Å²) < 4.78 is 49.8. The molecule has 2 aliphatic heterocycles. The van der Waals surface area contributed by atoms with E-state index >= 15 is 0 Å². The third kappa shape index (κ3) is 4.84. The van der Waals surface area contributed by atoms with Gasteiger partial charge in [-0.25, -0.2) is 16.8 Å². The van der Waals surface area contributed by atoms with E-state index in [0.29, 0.717) is 19.5 Å². The molecule has 0 radical (unpaired) electrons. The fourth-order valence-corrected chi connectivity index (χ4v) is 6.94. The quantitative estimate of drug-likeness (QED) is 0.660. The highest BCUT2D eigenvalue weighted by molar-refractivity contribution is 7.91. The number of hydrogen-bond acceptors (Lipinski definition) is 7. The second kappa shape index (κ2) is 7.46. The fourth-order valence-electron chi connectivity index (χ4n) is 3.47. The number of pyridine rings is 1. The van der Waals surface area contributed by atoms with Crippen molar-refractivity contribution in [2.75, 3.05) is 44.2 Å². The number of carbonyl (C=O) groups is 1. The first-order valence-corrected chi connectivity index (χ1v) is 12.0. The molecule has 0 aromatic carbocycles. The number of piperazine rings is 1. The maximum Gasteiger partial charge on any atom is 0.244 e. The minimum atomic E-state index is -3.58. The molecule has 0 aliphatic carbocycles. The Hall–Kier alpha value is -1.56. The highest BCUT2D eigenvalue weighted by atomic mass is 32.2. The normalized spacial score (nSPS) is 26.7. The van der Waals surface area contributed by atoms with E-state index in [1.807, 2.05) is 4.90 Å². The van der Waals surface area contributed by atoms with Crippen molar-refractivity contribution < 1.29 is 21.6 Å². The monoisotopic (exact) mass is 416 g/mol. The van der Waals surface area contributed by atoms with Gasteiger partial charge in [0.05, 0.1) is 23.6 Å². The Morgan fingerprint density at radius 3 is 2.56 bits per heavy atom. The summed E-state index contributed by atoms with van der Waals surface area (Å²) in [5.74, 6) is -0.185. The van der Waals surface area contributed by atoms with E-state index in [4.69, 9.17) is 0 Å². The van der Waals surface area contributed by atoms with Gasteiger partial charge in [0.15, 0.2) is 9.84 Å². The molecule has 2 fully saturated rings. The van der Waals surface area contributed by atoms with Gasteiger partial charge in [-0.15, -0.1) is 0 Å². The lowest BCUT2D eigenvalue weighted by Crippen LogP contribution is -2.54. The van der Waals surface area contributed by atoms with Crippen LogP contribution in [0.1, 0.15) is 13.3 Å². The van der Waals surface area contributed by atoms with Crippen LogP contribution in [0.2, 0.25) is 0 Å². The van der Waals surface area contributed by atoms with Gasteiger partial charge in [-0.2, -0.15) is 4.31 Å². The van der Waals surface area contributed by atoms with E-state index in [-0.39, 0.29) is 41.9 Å². The summed E-state index contributed by atoms with van der Waals surface area (Å²) in [6, 6.07) is 3.09. The second-order valence-corrected chi connectivity index (χ2v) is 11.4. The molecule has 9 nitrogen and oxygen atoms in total. The van der Waals surface area contributed by atoms with Crippen molar-refractivity contribution in [1.29, 1.82) is 0 Å². The first kappa shape index (κ1) is 20.2. The van der Waals surface area contributed by atoms with Crippen molar-refractivity contribution in [1.82, 2.24) is 19.5 Å². The number of nitrogens with one attached hydrogen (secondary N) is 1. The van der Waals surface area contributed by atoms with Crippen LogP contribution >= 0.6 is 0 Å². The molecule has 1 aromatic heterocycles. The molecule has 3 heterocycles. The Kier molecular flexibility index (Phi) is 5.57. The Balaban J connectivity index is 1.52. The summed E-state index contributed by atoms with van der Waals surface area (Å²) in [7, 11) is -6.67. The third-order valence-corrected chi connectivity index (χ3v) is 8.70. The number of hydrogen-bond donors (Lipinski definition) is 1. The average Bonchev–Trinajstić information content (AvgIpc) is 2.88. The zero-order valence-electron chi connectivity index (χ0n) is 15.2. The molecule has 1 unspecified atom stereocenters. The zero-order valence-corrected chi connectivity index (χ0v) is 16.8. The molecule has 3 rings (SSSR count). The first-order valence-electron chi connectivity index (χ1n) is 8.74. The second-order valence-electron chi connectivity index (χ2n) is 7.32. The molecule has 0 bridgehead atoms. The van der Waals surface area contributed by atoms with Gasteiger partial charge < -0.3 is 5.32 Å². The van der Waals surface area contributed by atoms with Crippen molar-refractivity contribution in [2.24, 2.45) is 0 Å². The number of carbonyl (C=O) groups excluding carboxylic acids is 1. The highest BCUT2D eigenvalue weighted by Gasteiger charge is 2.39. The van der Waals surface area contributed by atoms with Crippen LogP contribution in [-0.4, -0.2) is 86.7 Å². The topological polar surface area (TPSA) is 117 Å². The molecular formula is C16H24N4O5S2. The molecule has 1 aromatic rings. The average molecular weight is 417 g/mol. The molecule has 11 heteroatoms. The fraction of sp³-hybridized carbons (Fsp3) is 0.625. The number of sulfonamides is 1. The Morgan fingerprint density at radius 2 is 2.00 bits per heavy atom. The number of aromatic nitrogens is 1. The van der Waals surface area contributed by atoms with E-state index in [1.54, 1.807) is 13.0 Å². The SMILES string of the molecule is CC1(NC(=O)CN2CCN(S(=O)(=O)c3cccnc3)CC2)CCS(=O)(=O)C1. The van der Waals surface area contributed by atoms with Crippen LogP contribution in [-0.2, 0) is 24.7 Å².